The molecule has 1 aromatic heterocycles. The third-order valence-corrected chi connectivity index (χ3v) is 2.44. The summed E-state index contributed by atoms with van der Waals surface area (Å²) in [5, 5.41) is 6.98. The maximum absolute atomic E-state index is 6.05. The zero-order valence-corrected chi connectivity index (χ0v) is 11.3. The number of hydrogen-bond acceptors (Lipinski definition) is 6. The van der Waals surface area contributed by atoms with E-state index in [4.69, 9.17) is 15.0 Å². The van der Waals surface area contributed by atoms with Crippen molar-refractivity contribution >= 4 is 11.4 Å². The summed E-state index contributed by atoms with van der Waals surface area (Å²) >= 11 is 0. The number of rotatable bonds is 5. The van der Waals surface area contributed by atoms with Crippen molar-refractivity contribution in [3.05, 3.63) is 29.9 Å². The molecule has 19 heavy (non-hydrogen) atoms. The maximum Gasteiger partial charge on any atom is 0.223 e. The molecule has 0 bridgehead atoms. The van der Waals surface area contributed by atoms with Crippen LogP contribution in [0.2, 0.25) is 0 Å². The van der Waals surface area contributed by atoms with Crippen molar-refractivity contribution in [2.75, 3.05) is 11.1 Å². The number of aromatic nitrogens is 2. The molecule has 0 fully saturated rings. The van der Waals surface area contributed by atoms with Gasteiger partial charge in [-0.15, -0.1) is 0 Å². The molecule has 0 unspecified atom stereocenters. The molecule has 1 heterocycles. The largest absolute Gasteiger partial charge is 0.489 e. The van der Waals surface area contributed by atoms with E-state index in [0.29, 0.717) is 29.7 Å². The van der Waals surface area contributed by atoms with Gasteiger partial charge in [0.15, 0.2) is 5.82 Å². The fourth-order valence-corrected chi connectivity index (χ4v) is 1.64. The first-order valence-electron chi connectivity index (χ1n) is 6.14. The summed E-state index contributed by atoms with van der Waals surface area (Å²) in [4.78, 5) is 4.11. The Balaban J connectivity index is 2.08. The van der Waals surface area contributed by atoms with E-state index in [0.717, 1.165) is 5.69 Å². The van der Waals surface area contributed by atoms with Crippen LogP contribution < -0.4 is 15.8 Å². The van der Waals surface area contributed by atoms with Gasteiger partial charge in [-0.2, -0.15) is 4.98 Å². The first-order valence-corrected chi connectivity index (χ1v) is 6.14. The van der Waals surface area contributed by atoms with Crippen LogP contribution in [-0.2, 0) is 6.54 Å². The molecule has 2 aromatic rings. The Bertz CT molecular complexity index is 551. The van der Waals surface area contributed by atoms with E-state index in [1.165, 1.54) is 0 Å². The van der Waals surface area contributed by atoms with Crippen LogP contribution in [0.15, 0.2) is 22.7 Å². The van der Waals surface area contributed by atoms with Gasteiger partial charge < -0.3 is 20.3 Å². The lowest BCUT2D eigenvalue weighted by Crippen LogP contribution is -2.09. The molecule has 0 saturated heterocycles. The molecule has 0 aliphatic rings. The lowest BCUT2D eigenvalue weighted by molar-refractivity contribution is 0.244. The highest BCUT2D eigenvalue weighted by Crippen LogP contribution is 2.30. The number of anilines is 2. The quantitative estimate of drug-likeness (QED) is 0.804. The second-order valence-electron chi connectivity index (χ2n) is 4.47. The fraction of sp³-hybridized carbons (Fsp3) is 0.385. The van der Waals surface area contributed by atoms with Gasteiger partial charge in [0.1, 0.15) is 5.75 Å². The van der Waals surface area contributed by atoms with Gasteiger partial charge in [-0.05, 0) is 26.0 Å². The second-order valence-corrected chi connectivity index (χ2v) is 4.47. The Morgan fingerprint density at radius 3 is 2.84 bits per heavy atom. The Labute approximate surface area is 112 Å². The normalized spacial score (nSPS) is 10.7. The Hall–Kier alpha value is -2.24. The number of nitrogens with zero attached hydrogens (tertiary/aromatic N) is 2. The molecule has 0 aliphatic heterocycles. The summed E-state index contributed by atoms with van der Waals surface area (Å²) in [6.45, 7) is 6.12. The molecule has 6 heteroatoms. The average molecular weight is 262 g/mol. The van der Waals surface area contributed by atoms with Crippen LogP contribution in [0.4, 0.5) is 11.4 Å². The van der Waals surface area contributed by atoms with Crippen molar-refractivity contribution in [1.29, 1.82) is 0 Å². The van der Waals surface area contributed by atoms with Crippen molar-refractivity contribution in [2.24, 2.45) is 0 Å². The molecule has 102 valence electrons. The number of benzene rings is 1. The number of nitrogens with one attached hydrogen (secondary N) is 1. The summed E-state index contributed by atoms with van der Waals surface area (Å²) in [6, 6.07) is 5.62. The van der Waals surface area contributed by atoms with Crippen LogP contribution in [0.1, 0.15) is 25.6 Å². The third-order valence-electron chi connectivity index (χ3n) is 2.44. The zero-order valence-electron chi connectivity index (χ0n) is 11.3. The number of nitrogens with two attached hydrogens (primary N) is 1. The van der Waals surface area contributed by atoms with Crippen LogP contribution >= 0.6 is 0 Å². The molecule has 3 N–H and O–H groups in total. The van der Waals surface area contributed by atoms with Crippen LogP contribution in [0, 0.1) is 6.92 Å². The monoisotopic (exact) mass is 262 g/mol. The van der Waals surface area contributed by atoms with Gasteiger partial charge in [0, 0.05) is 6.92 Å². The standard InChI is InChI=1S/C13H18N4O2/c1-8(2)18-11-6-4-5-10(13(11)14)15-7-12-16-9(3)19-17-12/h4-6,8,15H,7,14H2,1-3H3. The topological polar surface area (TPSA) is 86.2 Å². The lowest BCUT2D eigenvalue weighted by atomic mass is 10.2. The van der Waals surface area contributed by atoms with E-state index in [9.17, 15) is 0 Å². The van der Waals surface area contributed by atoms with Crippen LogP contribution in [0.25, 0.3) is 0 Å². The van der Waals surface area contributed by atoms with Crippen molar-refractivity contribution in [3.8, 4) is 5.75 Å². The van der Waals surface area contributed by atoms with E-state index < -0.39 is 0 Å². The Kier molecular flexibility index (Phi) is 3.89. The summed E-state index contributed by atoms with van der Waals surface area (Å²) < 4.78 is 10.5. The van der Waals surface area contributed by atoms with E-state index in [2.05, 4.69) is 15.5 Å². The molecular weight excluding hydrogens is 244 g/mol. The van der Waals surface area contributed by atoms with Gasteiger partial charge >= 0.3 is 0 Å². The lowest BCUT2D eigenvalue weighted by Gasteiger charge is -2.15. The first-order chi connectivity index (χ1) is 9.06. The van der Waals surface area contributed by atoms with E-state index in [1.54, 1.807) is 6.92 Å². The molecule has 0 saturated carbocycles. The van der Waals surface area contributed by atoms with E-state index >= 15 is 0 Å². The fourth-order valence-electron chi connectivity index (χ4n) is 1.64. The van der Waals surface area contributed by atoms with E-state index in [1.807, 2.05) is 32.0 Å². The van der Waals surface area contributed by atoms with Crippen molar-refractivity contribution in [3.63, 3.8) is 0 Å². The summed E-state index contributed by atoms with van der Waals surface area (Å²) in [5.74, 6) is 1.80. The molecule has 0 radical (unpaired) electrons. The van der Waals surface area contributed by atoms with Crippen LogP contribution in [0.3, 0.4) is 0 Å². The van der Waals surface area contributed by atoms with Gasteiger partial charge in [-0.25, -0.2) is 0 Å². The minimum absolute atomic E-state index is 0.0809. The Morgan fingerprint density at radius 2 is 2.21 bits per heavy atom. The smallest absolute Gasteiger partial charge is 0.223 e. The minimum atomic E-state index is 0.0809. The highest BCUT2D eigenvalue weighted by atomic mass is 16.5. The van der Waals surface area contributed by atoms with Gasteiger partial charge in [0.25, 0.3) is 0 Å². The van der Waals surface area contributed by atoms with Gasteiger partial charge in [0.05, 0.1) is 24.0 Å². The minimum Gasteiger partial charge on any atom is -0.489 e. The summed E-state index contributed by atoms with van der Waals surface area (Å²) in [7, 11) is 0. The third kappa shape index (κ3) is 3.37. The van der Waals surface area contributed by atoms with Gasteiger partial charge in [0.2, 0.25) is 5.89 Å². The summed E-state index contributed by atoms with van der Waals surface area (Å²) in [6.07, 6.45) is 0.0809. The summed E-state index contributed by atoms with van der Waals surface area (Å²) in [5.41, 5.74) is 7.42. The number of ether oxygens (including phenoxy) is 1. The predicted molar refractivity (Wildman–Crippen MR) is 73.0 cm³/mol. The predicted octanol–water partition coefficient (Wildman–Crippen LogP) is 2.36. The van der Waals surface area contributed by atoms with Crippen molar-refractivity contribution in [2.45, 2.75) is 33.4 Å². The average Bonchev–Trinajstić information content (AvgIpc) is 2.76. The number of para-hydroxylation sites is 1. The number of aryl methyl sites for hydroxylation is 1. The van der Waals surface area contributed by atoms with Crippen molar-refractivity contribution < 1.29 is 9.26 Å². The number of hydrogen-bond donors (Lipinski definition) is 2. The molecule has 0 spiro atoms. The highest BCUT2D eigenvalue weighted by Gasteiger charge is 2.08. The number of nitrogen functional groups attached to an aromatic ring is 1. The zero-order chi connectivity index (χ0) is 13.8. The van der Waals surface area contributed by atoms with Gasteiger partial charge in [-0.1, -0.05) is 11.2 Å². The maximum atomic E-state index is 6.05. The second kappa shape index (κ2) is 5.60. The molecule has 0 amide bonds. The Morgan fingerprint density at radius 1 is 1.42 bits per heavy atom. The van der Waals surface area contributed by atoms with Crippen LogP contribution in [-0.4, -0.2) is 16.2 Å². The first kappa shape index (κ1) is 13.2. The van der Waals surface area contributed by atoms with Gasteiger partial charge in [-0.3, -0.25) is 0 Å². The van der Waals surface area contributed by atoms with Crippen molar-refractivity contribution in [1.82, 2.24) is 10.1 Å². The van der Waals surface area contributed by atoms with Crippen LogP contribution in [0.5, 0.6) is 5.75 Å². The molecule has 6 nitrogen and oxygen atoms in total. The molecule has 2 rings (SSSR count). The molecular formula is C13H18N4O2. The SMILES string of the molecule is Cc1nc(CNc2cccc(OC(C)C)c2N)no1. The molecule has 1 aromatic carbocycles. The highest BCUT2D eigenvalue weighted by molar-refractivity contribution is 5.72. The van der Waals surface area contributed by atoms with E-state index in [-0.39, 0.29) is 6.10 Å². The molecule has 0 aliphatic carbocycles. The molecule has 0 atom stereocenters.